The van der Waals surface area contributed by atoms with Crippen LogP contribution in [0.3, 0.4) is 0 Å². The Bertz CT molecular complexity index is 633. The minimum atomic E-state index is 0.576. The number of aryl methyl sites for hydroxylation is 1. The fourth-order valence-corrected chi connectivity index (χ4v) is 3.23. The van der Waals surface area contributed by atoms with Crippen LogP contribution < -0.4 is 5.32 Å². The molecule has 0 aliphatic carbocycles. The maximum absolute atomic E-state index is 6.25. The monoisotopic (exact) mass is 321 g/mol. The predicted molar refractivity (Wildman–Crippen MR) is 86.1 cm³/mol. The van der Waals surface area contributed by atoms with Crippen molar-refractivity contribution in [2.24, 2.45) is 0 Å². The molecule has 0 spiro atoms. The van der Waals surface area contributed by atoms with Gasteiger partial charge in [0.15, 0.2) is 0 Å². The van der Waals surface area contributed by atoms with Gasteiger partial charge in [0, 0.05) is 47.2 Å². The maximum atomic E-state index is 6.25. The molecule has 5 heteroatoms. The molecule has 0 amide bonds. The summed E-state index contributed by atoms with van der Waals surface area (Å²) in [5.74, 6) is 0.808. The third-order valence-corrected chi connectivity index (χ3v) is 4.50. The van der Waals surface area contributed by atoms with Crippen LogP contribution in [0.2, 0.25) is 10.0 Å². The second kappa shape index (κ2) is 6.30. The normalized spacial score (nSPS) is 14.0. The smallest absolute Gasteiger partial charge is 0.133 e. The van der Waals surface area contributed by atoms with Crippen molar-refractivity contribution in [1.82, 2.24) is 15.3 Å². The van der Waals surface area contributed by atoms with Gasteiger partial charge in [0.1, 0.15) is 5.82 Å². The second-order valence-corrected chi connectivity index (χ2v) is 5.98. The van der Waals surface area contributed by atoms with Gasteiger partial charge in [-0.3, -0.25) is 0 Å². The van der Waals surface area contributed by atoms with Gasteiger partial charge < -0.3 is 5.32 Å². The fraction of sp³-hybridized carbons (Fsp3) is 0.375. The lowest BCUT2D eigenvalue weighted by Gasteiger charge is -2.20. The minimum absolute atomic E-state index is 0.576. The zero-order chi connectivity index (χ0) is 14.8. The Kier molecular flexibility index (Phi) is 4.43. The molecule has 0 saturated heterocycles. The molecule has 0 radical (unpaired) electrons. The Hall–Kier alpha value is -1.16. The van der Waals surface area contributed by atoms with Gasteiger partial charge in [-0.25, -0.2) is 9.97 Å². The third kappa shape index (κ3) is 3.05. The Balaban J connectivity index is 1.99. The van der Waals surface area contributed by atoms with Crippen molar-refractivity contribution in [2.75, 3.05) is 6.54 Å². The summed E-state index contributed by atoms with van der Waals surface area (Å²) in [6, 6.07) is 5.56. The highest BCUT2D eigenvalue weighted by molar-refractivity contribution is 6.36. The molecule has 3 rings (SSSR count). The topological polar surface area (TPSA) is 37.8 Å². The molecule has 110 valence electrons. The first-order valence-corrected chi connectivity index (χ1v) is 7.95. The largest absolute Gasteiger partial charge is 0.312 e. The number of aromatic nitrogens is 2. The van der Waals surface area contributed by atoms with E-state index in [1.165, 1.54) is 11.3 Å². The lowest BCUT2D eigenvalue weighted by molar-refractivity contribution is 0.611. The summed E-state index contributed by atoms with van der Waals surface area (Å²) in [7, 11) is 0. The molecule has 0 atom stereocenters. The molecular weight excluding hydrogens is 305 g/mol. The van der Waals surface area contributed by atoms with E-state index in [-0.39, 0.29) is 0 Å². The molecule has 21 heavy (non-hydrogen) atoms. The minimum Gasteiger partial charge on any atom is -0.312 e. The lowest BCUT2D eigenvalue weighted by Crippen LogP contribution is -2.27. The van der Waals surface area contributed by atoms with Crippen LogP contribution in [0, 0.1) is 0 Å². The van der Waals surface area contributed by atoms with E-state index in [0.717, 1.165) is 43.0 Å². The van der Waals surface area contributed by atoms with Crippen molar-refractivity contribution >= 4 is 23.2 Å². The molecule has 1 N–H and O–H groups in total. The van der Waals surface area contributed by atoms with Gasteiger partial charge in [-0.1, -0.05) is 36.2 Å². The maximum Gasteiger partial charge on any atom is 0.133 e. The van der Waals surface area contributed by atoms with Crippen molar-refractivity contribution in [3.63, 3.8) is 0 Å². The quantitative estimate of drug-likeness (QED) is 0.938. The van der Waals surface area contributed by atoms with Crippen molar-refractivity contribution in [1.29, 1.82) is 0 Å². The van der Waals surface area contributed by atoms with E-state index in [4.69, 9.17) is 33.2 Å². The molecule has 3 nitrogen and oxygen atoms in total. The Morgan fingerprint density at radius 2 is 1.95 bits per heavy atom. The first kappa shape index (κ1) is 14.8. The fourth-order valence-electron chi connectivity index (χ4n) is 2.70. The van der Waals surface area contributed by atoms with Crippen LogP contribution in [0.5, 0.6) is 0 Å². The summed E-state index contributed by atoms with van der Waals surface area (Å²) < 4.78 is 0. The molecule has 0 saturated carbocycles. The predicted octanol–water partition coefficient (Wildman–Crippen LogP) is 3.58. The summed E-state index contributed by atoms with van der Waals surface area (Å²) in [6.07, 6.45) is 2.44. The van der Waals surface area contributed by atoms with E-state index >= 15 is 0 Å². The van der Waals surface area contributed by atoms with E-state index < -0.39 is 0 Å². The molecule has 2 aromatic rings. The van der Waals surface area contributed by atoms with Crippen LogP contribution >= 0.6 is 23.2 Å². The first-order valence-electron chi connectivity index (χ1n) is 7.20. The van der Waals surface area contributed by atoms with Crippen LogP contribution in [0.15, 0.2) is 18.2 Å². The molecule has 0 fully saturated rings. The Morgan fingerprint density at radius 3 is 2.67 bits per heavy atom. The second-order valence-electron chi connectivity index (χ2n) is 5.17. The van der Waals surface area contributed by atoms with Gasteiger partial charge in [-0.05, 0) is 24.1 Å². The highest BCUT2D eigenvalue weighted by Gasteiger charge is 2.17. The van der Waals surface area contributed by atoms with Gasteiger partial charge >= 0.3 is 0 Å². The van der Waals surface area contributed by atoms with Gasteiger partial charge in [0.05, 0.1) is 5.69 Å². The average Bonchev–Trinajstić information content (AvgIpc) is 2.50. The SMILES string of the molecule is CCc1nc(Cc2c(Cl)cccc2Cl)nc2c1CNCC2. The van der Waals surface area contributed by atoms with E-state index in [1.807, 2.05) is 18.2 Å². The molecule has 1 aromatic carbocycles. The zero-order valence-electron chi connectivity index (χ0n) is 11.9. The van der Waals surface area contributed by atoms with E-state index in [2.05, 4.69) is 12.2 Å². The van der Waals surface area contributed by atoms with Crippen LogP contribution in [-0.2, 0) is 25.8 Å². The van der Waals surface area contributed by atoms with E-state index in [0.29, 0.717) is 16.5 Å². The molecule has 2 heterocycles. The zero-order valence-corrected chi connectivity index (χ0v) is 13.4. The van der Waals surface area contributed by atoms with Crippen molar-refractivity contribution in [3.05, 3.63) is 56.6 Å². The van der Waals surface area contributed by atoms with Crippen molar-refractivity contribution in [2.45, 2.75) is 32.7 Å². The molecule has 0 bridgehead atoms. The number of halogens is 2. The summed E-state index contributed by atoms with van der Waals surface area (Å²) in [5, 5.41) is 4.72. The number of rotatable bonds is 3. The summed E-state index contributed by atoms with van der Waals surface area (Å²) in [4.78, 5) is 9.44. The summed E-state index contributed by atoms with van der Waals surface area (Å²) >= 11 is 12.5. The third-order valence-electron chi connectivity index (χ3n) is 3.80. The summed E-state index contributed by atoms with van der Waals surface area (Å²) in [5.41, 5.74) is 4.46. The van der Waals surface area contributed by atoms with Crippen LogP contribution in [0.4, 0.5) is 0 Å². The first-order chi connectivity index (χ1) is 10.2. The number of nitrogens with zero attached hydrogens (tertiary/aromatic N) is 2. The number of nitrogens with one attached hydrogen (secondary N) is 1. The van der Waals surface area contributed by atoms with Gasteiger partial charge in [0.2, 0.25) is 0 Å². The summed E-state index contributed by atoms with van der Waals surface area (Å²) in [6.45, 7) is 3.97. The van der Waals surface area contributed by atoms with Crippen LogP contribution in [0.1, 0.15) is 35.3 Å². The molecule has 1 aliphatic heterocycles. The number of benzene rings is 1. The van der Waals surface area contributed by atoms with E-state index in [9.17, 15) is 0 Å². The Labute approximate surface area is 134 Å². The van der Waals surface area contributed by atoms with E-state index in [1.54, 1.807) is 0 Å². The Morgan fingerprint density at radius 1 is 1.19 bits per heavy atom. The van der Waals surface area contributed by atoms with Crippen molar-refractivity contribution in [3.8, 4) is 0 Å². The number of hydrogen-bond donors (Lipinski definition) is 1. The van der Waals surface area contributed by atoms with Crippen LogP contribution in [-0.4, -0.2) is 16.5 Å². The highest BCUT2D eigenvalue weighted by Crippen LogP contribution is 2.27. The average molecular weight is 322 g/mol. The molecule has 1 aromatic heterocycles. The van der Waals surface area contributed by atoms with Gasteiger partial charge in [0.25, 0.3) is 0 Å². The van der Waals surface area contributed by atoms with Gasteiger partial charge in [-0.15, -0.1) is 0 Å². The molecule has 0 unspecified atom stereocenters. The number of fused-ring (bicyclic) bond motifs is 1. The van der Waals surface area contributed by atoms with Gasteiger partial charge in [-0.2, -0.15) is 0 Å². The molecular formula is C16H17Cl2N3. The number of hydrogen-bond acceptors (Lipinski definition) is 3. The van der Waals surface area contributed by atoms with Crippen molar-refractivity contribution < 1.29 is 0 Å². The lowest BCUT2D eigenvalue weighted by atomic mass is 10.0. The molecule has 1 aliphatic rings. The highest BCUT2D eigenvalue weighted by atomic mass is 35.5. The standard InChI is InChI=1S/C16H17Cl2N3/c1-2-14-11-9-19-7-6-15(11)21-16(20-14)8-10-12(17)4-3-5-13(10)18/h3-5,19H,2,6-9H2,1H3. The van der Waals surface area contributed by atoms with Crippen LogP contribution in [0.25, 0.3) is 0 Å².